The number of benzene rings is 5. The number of hydrogen-bond acceptors (Lipinski definition) is 6. The standard InChI is InChI=1S/C22H18F6N2O.C17H22N2O.C16H20N2O2.C15H18N2O2/c23-21(24,25)15-9-14(10-16(11-15)22(26,27)28)20(31)30-7-5-13(6-8-30)18-12-29-19-4-2-1-3-17(18)19;1-2-5-17(20)19-10-8-13(9-11-19)15-12-18-16-7-4-3-6-14(15)16;1-2-20-16(19)18-9-7-12(8-10-18)14-11-17-15-6-4-3-5-13(14)15;18-10-15(19)17-7-5-11(6-8-17)13-9-16-14-4-2-1-3-12(13)14/h1-4,9-13,29H,5-8H2;3-4,6-7,12-13,18H,2,5,8-11H2,1H3;3-6,11-12,17H,2,7-10H2,1H3;1-4,9,11,16,18H,5-8,10H2. The largest absolute Gasteiger partial charge is 0.450 e. The molecule has 20 heteroatoms. The highest BCUT2D eigenvalue weighted by molar-refractivity contribution is 5.95. The Hall–Kier alpha value is -8.52. The number of aliphatic hydroxyl groups is 1. The van der Waals surface area contributed by atoms with Crippen molar-refractivity contribution in [3.8, 4) is 0 Å². The first kappa shape index (κ1) is 64.5. The van der Waals surface area contributed by atoms with Crippen molar-refractivity contribution < 1.29 is 55.4 Å². The number of hydrogen-bond donors (Lipinski definition) is 5. The van der Waals surface area contributed by atoms with Gasteiger partial charge in [-0.15, -0.1) is 0 Å². The predicted molar refractivity (Wildman–Crippen MR) is 337 cm³/mol. The highest BCUT2D eigenvalue weighted by atomic mass is 19.4. The molecule has 90 heavy (non-hydrogen) atoms. The number of para-hydroxylation sites is 4. The van der Waals surface area contributed by atoms with Crippen LogP contribution in [0.1, 0.15) is 145 Å². The van der Waals surface area contributed by atoms with E-state index in [9.17, 15) is 45.5 Å². The summed E-state index contributed by atoms with van der Waals surface area (Å²) in [5, 5.41) is 13.9. The fourth-order valence-electron chi connectivity index (χ4n) is 13.3. The second-order valence-electron chi connectivity index (χ2n) is 23.7. The third kappa shape index (κ3) is 15.2. The van der Waals surface area contributed by atoms with Crippen LogP contribution in [0.15, 0.2) is 140 Å². The summed E-state index contributed by atoms with van der Waals surface area (Å²) in [6, 6.07) is 34.0. The number of rotatable bonds is 9. The Kier molecular flexibility index (Phi) is 20.7. The van der Waals surface area contributed by atoms with Crippen molar-refractivity contribution in [3.63, 3.8) is 0 Å². The topological polar surface area (TPSA) is 174 Å². The number of aromatic amines is 4. The SMILES string of the molecule is CCCC(=O)N1CCC(c2c[nH]c3ccccc23)CC1.CCOC(=O)N1CCC(c2c[nH]c3ccccc23)CC1.O=C(CO)N1CCC(c2c[nH]c3ccccc23)CC1.O=C(c1cc(C(F)(F)F)cc(C(F)(F)F)c1)N1CCC(c2c[nH]c3ccccc23)CC1. The maximum Gasteiger partial charge on any atom is 0.416 e. The molecule has 4 fully saturated rings. The molecule has 0 radical (unpaired) electrons. The van der Waals surface area contributed by atoms with Crippen LogP contribution < -0.4 is 0 Å². The van der Waals surface area contributed by atoms with Crippen molar-refractivity contribution in [2.75, 3.05) is 65.6 Å². The number of H-pyrrole nitrogens is 4. The van der Waals surface area contributed by atoms with Gasteiger partial charge in [0.1, 0.15) is 6.61 Å². The molecule has 0 spiro atoms. The Morgan fingerprint density at radius 3 is 1.08 bits per heavy atom. The lowest BCUT2D eigenvalue weighted by molar-refractivity contribution is -0.143. The molecule has 0 aliphatic carbocycles. The van der Waals surface area contributed by atoms with E-state index < -0.39 is 35.0 Å². The lowest BCUT2D eigenvalue weighted by Crippen LogP contribution is -2.39. The van der Waals surface area contributed by atoms with E-state index in [1.807, 2.05) is 59.3 Å². The first-order valence-corrected chi connectivity index (χ1v) is 31.3. The first-order chi connectivity index (χ1) is 43.4. The van der Waals surface area contributed by atoms with Gasteiger partial charge in [0, 0.05) is 133 Å². The van der Waals surface area contributed by atoms with Gasteiger partial charge in [0.2, 0.25) is 11.8 Å². The van der Waals surface area contributed by atoms with Crippen molar-refractivity contribution in [2.24, 2.45) is 0 Å². The third-order valence-corrected chi connectivity index (χ3v) is 18.2. The van der Waals surface area contributed by atoms with Crippen molar-refractivity contribution in [1.82, 2.24) is 39.5 Å². The van der Waals surface area contributed by atoms with Crippen LogP contribution in [0, 0.1) is 0 Å². The number of nitrogens with one attached hydrogen (secondary N) is 4. The molecule has 5 aromatic carbocycles. The van der Waals surface area contributed by atoms with Crippen LogP contribution in [-0.4, -0.2) is 134 Å². The Bertz CT molecular complexity index is 3730. The molecule has 13 rings (SSSR count). The van der Waals surface area contributed by atoms with Crippen LogP contribution >= 0.6 is 0 Å². The zero-order valence-electron chi connectivity index (χ0n) is 50.8. The summed E-state index contributed by atoms with van der Waals surface area (Å²) in [7, 11) is 0. The summed E-state index contributed by atoms with van der Waals surface area (Å²) in [6.45, 7) is 9.33. The smallest absolute Gasteiger partial charge is 0.416 e. The second-order valence-corrected chi connectivity index (χ2v) is 23.7. The Morgan fingerprint density at radius 2 is 0.767 bits per heavy atom. The fourth-order valence-corrected chi connectivity index (χ4v) is 13.3. The molecule has 14 nitrogen and oxygen atoms in total. The van der Waals surface area contributed by atoms with Gasteiger partial charge in [-0.05, 0) is 153 Å². The molecule has 9 aromatic rings. The number of nitrogens with zero attached hydrogens (tertiary/aromatic N) is 4. The molecule has 0 atom stereocenters. The summed E-state index contributed by atoms with van der Waals surface area (Å²) in [5.74, 6) is 1.09. The van der Waals surface area contributed by atoms with E-state index >= 15 is 0 Å². The van der Waals surface area contributed by atoms with Gasteiger partial charge in [0.25, 0.3) is 5.91 Å². The minimum absolute atomic E-state index is 0.0278. The van der Waals surface area contributed by atoms with Gasteiger partial charge in [0.15, 0.2) is 0 Å². The van der Waals surface area contributed by atoms with Gasteiger partial charge < -0.3 is 49.4 Å². The number of amides is 4. The minimum atomic E-state index is -4.99. The minimum Gasteiger partial charge on any atom is -0.450 e. The number of fused-ring (bicyclic) bond motifs is 4. The Morgan fingerprint density at radius 1 is 0.456 bits per heavy atom. The molecule has 4 aliphatic heterocycles. The molecule has 476 valence electrons. The van der Waals surface area contributed by atoms with Crippen molar-refractivity contribution in [2.45, 2.75) is 114 Å². The van der Waals surface area contributed by atoms with Crippen molar-refractivity contribution in [3.05, 3.63) is 179 Å². The molecule has 5 N–H and O–H groups in total. The summed E-state index contributed by atoms with van der Waals surface area (Å²) in [6.07, 6.45) is 7.00. The maximum atomic E-state index is 13.1. The zero-order chi connectivity index (χ0) is 63.5. The van der Waals surface area contributed by atoms with Gasteiger partial charge in [0.05, 0.1) is 17.7 Å². The van der Waals surface area contributed by atoms with Crippen LogP contribution in [-0.2, 0) is 26.7 Å². The zero-order valence-corrected chi connectivity index (χ0v) is 50.8. The number of carbonyl (C=O) groups excluding carboxylic acids is 4. The summed E-state index contributed by atoms with van der Waals surface area (Å²) < 4.78 is 83.6. The van der Waals surface area contributed by atoms with Gasteiger partial charge >= 0.3 is 18.4 Å². The molecular weight excluding hydrogens is 1160 g/mol. The summed E-state index contributed by atoms with van der Waals surface area (Å²) in [5.41, 5.74) is 6.24. The fraction of sp³-hybridized carbons (Fsp3) is 0.400. The van der Waals surface area contributed by atoms with Crippen LogP contribution in [0.25, 0.3) is 43.6 Å². The van der Waals surface area contributed by atoms with Gasteiger partial charge in [-0.25, -0.2) is 4.79 Å². The molecule has 8 heterocycles. The average molecular weight is 1240 g/mol. The molecule has 0 unspecified atom stereocenters. The van der Waals surface area contributed by atoms with Gasteiger partial charge in [-0.1, -0.05) is 79.7 Å². The van der Waals surface area contributed by atoms with E-state index in [4.69, 9.17) is 9.84 Å². The van der Waals surface area contributed by atoms with Crippen LogP contribution in [0.2, 0.25) is 0 Å². The van der Waals surface area contributed by atoms with Crippen LogP contribution in [0.4, 0.5) is 31.1 Å². The number of halogens is 6. The third-order valence-electron chi connectivity index (χ3n) is 18.2. The molecular formula is C70H78F6N8O6. The summed E-state index contributed by atoms with van der Waals surface area (Å²) in [4.78, 5) is 67.9. The molecule has 4 aromatic heterocycles. The average Bonchev–Trinajstić information content (AvgIpc) is 1.27. The summed E-state index contributed by atoms with van der Waals surface area (Å²) >= 11 is 0. The monoisotopic (exact) mass is 1240 g/mol. The molecule has 4 amide bonds. The Labute approximate surface area is 518 Å². The molecule has 0 saturated carbocycles. The van der Waals surface area contributed by atoms with E-state index in [1.54, 1.807) is 4.90 Å². The molecule has 4 saturated heterocycles. The number of aliphatic hydroxyl groups excluding tert-OH is 1. The lowest BCUT2D eigenvalue weighted by Gasteiger charge is -2.32. The predicted octanol–water partition coefficient (Wildman–Crippen LogP) is 15.3. The lowest BCUT2D eigenvalue weighted by atomic mass is 9.89. The normalized spacial score (nSPS) is 16.5. The van der Waals surface area contributed by atoms with Gasteiger partial charge in [-0.3, -0.25) is 14.4 Å². The first-order valence-electron chi connectivity index (χ1n) is 31.3. The van der Waals surface area contributed by atoms with Crippen molar-refractivity contribution in [1.29, 1.82) is 0 Å². The highest BCUT2D eigenvalue weighted by Gasteiger charge is 2.39. The number of alkyl halides is 6. The quantitative estimate of drug-likeness (QED) is 0.0900. The van der Waals surface area contributed by atoms with E-state index in [1.165, 1.54) is 54.3 Å². The number of ether oxygens (including phenoxy) is 1. The van der Waals surface area contributed by atoms with Gasteiger partial charge in [-0.2, -0.15) is 26.3 Å². The molecule has 4 aliphatic rings. The number of piperidine rings is 4. The number of aromatic nitrogens is 4. The van der Waals surface area contributed by atoms with E-state index in [0.29, 0.717) is 61.7 Å². The Balaban J connectivity index is 0.000000135. The number of likely N-dealkylation sites (tertiary alicyclic amines) is 4. The van der Waals surface area contributed by atoms with Crippen LogP contribution in [0.3, 0.4) is 0 Å². The molecule has 0 bridgehead atoms. The van der Waals surface area contributed by atoms with E-state index in [2.05, 4.69) is 106 Å². The number of carbonyl (C=O) groups is 4. The highest BCUT2D eigenvalue weighted by Crippen LogP contribution is 2.40. The maximum absolute atomic E-state index is 13.1. The van der Waals surface area contributed by atoms with Crippen molar-refractivity contribution >= 4 is 67.4 Å². The van der Waals surface area contributed by atoms with E-state index in [-0.39, 0.29) is 43.7 Å². The van der Waals surface area contributed by atoms with E-state index in [0.717, 1.165) is 101 Å². The second kappa shape index (κ2) is 29.0. The van der Waals surface area contributed by atoms with Crippen LogP contribution in [0.5, 0.6) is 0 Å².